The summed E-state index contributed by atoms with van der Waals surface area (Å²) >= 11 is 0. The molecule has 11 rings (SSSR count). The van der Waals surface area contributed by atoms with Crippen LogP contribution in [0.3, 0.4) is 0 Å². The maximum Gasteiger partial charge on any atom is -0.00206 e. The zero-order valence-corrected chi connectivity index (χ0v) is 27.3. The van der Waals surface area contributed by atoms with E-state index in [1.807, 2.05) is 0 Å². The quantitative estimate of drug-likeness (QED) is 0.170. The fourth-order valence-electron chi connectivity index (χ4n) is 8.51. The minimum atomic E-state index is 1.22. The summed E-state index contributed by atoms with van der Waals surface area (Å²) in [6, 6.07) is 67.5. The Morgan fingerprint density at radius 1 is 0.180 bits per heavy atom. The van der Waals surface area contributed by atoms with Gasteiger partial charge in [-0.1, -0.05) is 182 Å². The Balaban J connectivity index is 0.891. The first-order valence-electron chi connectivity index (χ1n) is 17.4. The lowest BCUT2D eigenvalue weighted by atomic mass is 9.89. The Kier molecular flexibility index (Phi) is 5.76. The molecule has 0 atom stereocenters. The van der Waals surface area contributed by atoms with Crippen LogP contribution in [0.25, 0.3) is 109 Å². The summed E-state index contributed by atoms with van der Waals surface area (Å²) < 4.78 is 0. The summed E-state index contributed by atoms with van der Waals surface area (Å²) in [5, 5.41) is 15.9. The second-order valence-electron chi connectivity index (χ2n) is 13.7. The van der Waals surface area contributed by atoms with Crippen molar-refractivity contribution < 1.29 is 0 Å². The maximum absolute atomic E-state index is 2.30. The van der Waals surface area contributed by atoms with Gasteiger partial charge in [0.15, 0.2) is 0 Å². The van der Waals surface area contributed by atoms with Gasteiger partial charge in [-0.2, -0.15) is 0 Å². The molecule has 0 saturated carbocycles. The van der Waals surface area contributed by atoms with Crippen LogP contribution in [0.2, 0.25) is 0 Å². The van der Waals surface area contributed by atoms with Crippen molar-refractivity contribution in [1.82, 2.24) is 0 Å². The molecule has 0 aliphatic heterocycles. The second kappa shape index (κ2) is 10.5. The van der Waals surface area contributed by atoms with Gasteiger partial charge in [-0.15, -0.1) is 0 Å². The van der Waals surface area contributed by atoms with Crippen LogP contribution < -0.4 is 0 Å². The Morgan fingerprint density at radius 2 is 0.440 bits per heavy atom. The van der Waals surface area contributed by atoms with Gasteiger partial charge in [-0.3, -0.25) is 0 Å². The highest BCUT2D eigenvalue weighted by molar-refractivity contribution is 6.26. The van der Waals surface area contributed by atoms with Crippen LogP contribution in [0.4, 0.5) is 0 Å². The highest BCUT2D eigenvalue weighted by Gasteiger charge is 2.14. The average Bonchev–Trinajstić information content (AvgIpc) is 3.19. The zero-order valence-electron chi connectivity index (χ0n) is 27.3. The van der Waals surface area contributed by atoms with E-state index in [2.05, 4.69) is 182 Å². The molecule has 0 saturated heterocycles. The monoisotopic (exact) mass is 630 g/mol. The van der Waals surface area contributed by atoms with Crippen molar-refractivity contribution in [3.8, 4) is 44.5 Å². The average molecular weight is 631 g/mol. The molecule has 11 aromatic carbocycles. The summed E-state index contributed by atoms with van der Waals surface area (Å²) in [4.78, 5) is 0. The molecule has 0 heterocycles. The normalized spacial score (nSPS) is 12.0. The lowest BCUT2D eigenvalue weighted by Gasteiger charge is -2.14. The molecule has 0 bridgehead atoms. The van der Waals surface area contributed by atoms with Crippen molar-refractivity contribution in [3.63, 3.8) is 0 Å². The van der Waals surface area contributed by atoms with E-state index in [1.165, 1.54) is 109 Å². The first kappa shape index (κ1) is 27.5. The molecule has 230 valence electrons. The number of hydrogen-bond donors (Lipinski definition) is 0. The van der Waals surface area contributed by atoms with E-state index in [-0.39, 0.29) is 0 Å². The molecule has 0 amide bonds. The van der Waals surface area contributed by atoms with Crippen LogP contribution in [0, 0.1) is 0 Å². The lowest BCUT2D eigenvalue weighted by Crippen LogP contribution is -1.88. The fourth-order valence-corrected chi connectivity index (χ4v) is 8.51. The number of benzene rings is 11. The summed E-state index contributed by atoms with van der Waals surface area (Å²) in [5.74, 6) is 0. The summed E-state index contributed by atoms with van der Waals surface area (Å²) in [7, 11) is 0. The van der Waals surface area contributed by atoms with Gasteiger partial charge in [-0.05, 0) is 109 Å². The van der Waals surface area contributed by atoms with E-state index in [0.29, 0.717) is 0 Å². The minimum Gasteiger partial charge on any atom is -0.0610 e. The van der Waals surface area contributed by atoms with Crippen molar-refractivity contribution >= 4 is 64.6 Å². The van der Waals surface area contributed by atoms with E-state index in [9.17, 15) is 0 Å². The maximum atomic E-state index is 2.30. The molecular weight excluding hydrogens is 601 g/mol. The smallest absolute Gasteiger partial charge is 0.00206 e. The van der Waals surface area contributed by atoms with Crippen molar-refractivity contribution in [2.24, 2.45) is 0 Å². The predicted molar refractivity (Wildman–Crippen MR) is 216 cm³/mol. The van der Waals surface area contributed by atoms with Crippen molar-refractivity contribution in [1.29, 1.82) is 0 Å². The van der Waals surface area contributed by atoms with Gasteiger partial charge in [0.25, 0.3) is 0 Å². The molecule has 0 nitrogen and oxygen atoms in total. The van der Waals surface area contributed by atoms with E-state index in [0.717, 1.165) is 0 Å². The van der Waals surface area contributed by atoms with Gasteiger partial charge in [0, 0.05) is 0 Å². The molecule has 0 aromatic heterocycles. The van der Waals surface area contributed by atoms with Crippen molar-refractivity contribution in [2.45, 2.75) is 0 Å². The Bertz CT molecular complexity index is 2790. The third-order valence-electron chi connectivity index (χ3n) is 11.0. The molecule has 0 aliphatic carbocycles. The molecule has 11 aromatic rings. The Labute approximate surface area is 290 Å². The summed E-state index contributed by atoms with van der Waals surface area (Å²) in [5.41, 5.74) is 9.94. The predicted octanol–water partition coefficient (Wildman–Crippen LogP) is 14.1. The Hall–Kier alpha value is -6.50. The first-order chi connectivity index (χ1) is 24.8. The van der Waals surface area contributed by atoms with Crippen molar-refractivity contribution in [3.05, 3.63) is 182 Å². The van der Waals surface area contributed by atoms with E-state index in [4.69, 9.17) is 0 Å². The summed E-state index contributed by atoms with van der Waals surface area (Å²) in [6.07, 6.45) is 0. The topological polar surface area (TPSA) is 0 Å². The molecule has 0 aliphatic rings. The van der Waals surface area contributed by atoms with Crippen LogP contribution in [0.15, 0.2) is 182 Å². The van der Waals surface area contributed by atoms with E-state index < -0.39 is 0 Å². The number of hydrogen-bond acceptors (Lipinski definition) is 0. The molecule has 0 radical (unpaired) electrons. The van der Waals surface area contributed by atoms with E-state index >= 15 is 0 Å². The van der Waals surface area contributed by atoms with Gasteiger partial charge in [-0.25, -0.2) is 0 Å². The highest BCUT2D eigenvalue weighted by atomic mass is 14.2. The standard InChI is InChI=1S/C50H30/c1-3-37-19-21-41-23-27-43(45-29-25-39(5-1)47(37)49(41)45)35-15-11-33(12-16-35)31-7-9-32(10-8-31)34-13-17-36(18-14-34)44-28-24-42-22-20-38-4-2-6-40-26-30-46(44)50(42)48(38)40/h1-30H. The molecule has 50 heavy (non-hydrogen) atoms. The second-order valence-corrected chi connectivity index (χ2v) is 13.7. The molecule has 0 spiro atoms. The lowest BCUT2D eigenvalue weighted by molar-refractivity contribution is 1.58. The highest BCUT2D eigenvalue weighted by Crippen LogP contribution is 2.41. The molecule has 0 heteroatoms. The van der Waals surface area contributed by atoms with Crippen LogP contribution >= 0.6 is 0 Å². The fraction of sp³-hybridized carbons (Fsp3) is 0. The van der Waals surface area contributed by atoms with Gasteiger partial charge < -0.3 is 0 Å². The van der Waals surface area contributed by atoms with Gasteiger partial charge in [0.05, 0.1) is 0 Å². The van der Waals surface area contributed by atoms with Gasteiger partial charge in [0.1, 0.15) is 0 Å². The van der Waals surface area contributed by atoms with Gasteiger partial charge in [0.2, 0.25) is 0 Å². The molecular formula is C50H30. The third kappa shape index (κ3) is 4.06. The Morgan fingerprint density at radius 3 is 0.780 bits per heavy atom. The zero-order chi connectivity index (χ0) is 32.8. The largest absolute Gasteiger partial charge is 0.0610 e. The van der Waals surface area contributed by atoms with Crippen LogP contribution in [0.5, 0.6) is 0 Å². The van der Waals surface area contributed by atoms with Crippen molar-refractivity contribution in [2.75, 3.05) is 0 Å². The SMILES string of the molecule is c1cc2ccc3ccc(-c4ccc(-c5ccc(-c6ccc(-c7ccc8ccc9cccc%10ccc7c8c9%10)cc6)cc5)cc4)c4ccc(c1)c2c34. The molecule has 0 N–H and O–H groups in total. The number of rotatable bonds is 4. The molecule has 0 fully saturated rings. The first-order valence-corrected chi connectivity index (χ1v) is 17.4. The van der Waals surface area contributed by atoms with E-state index in [1.54, 1.807) is 0 Å². The van der Waals surface area contributed by atoms with Crippen LogP contribution in [-0.4, -0.2) is 0 Å². The third-order valence-corrected chi connectivity index (χ3v) is 11.0. The minimum absolute atomic E-state index is 1.22. The van der Waals surface area contributed by atoms with Crippen LogP contribution in [0.1, 0.15) is 0 Å². The molecule has 0 unspecified atom stereocenters. The van der Waals surface area contributed by atoms with Crippen LogP contribution in [-0.2, 0) is 0 Å². The summed E-state index contributed by atoms with van der Waals surface area (Å²) in [6.45, 7) is 0. The van der Waals surface area contributed by atoms with Gasteiger partial charge >= 0.3 is 0 Å².